The Balaban J connectivity index is 2.17. The van der Waals surface area contributed by atoms with E-state index >= 15 is 0 Å². The average molecular weight is 324 g/mol. The van der Waals surface area contributed by atoms with Crippen LogP contribution in [0.1, 0.15) is 9.67 Å². The fourth-order valence-electron chi connectivity index (χ4n) is 2.30. The molecule has 2 aromatic heterocycles. The molecule has 0 aliphatic carbocycles. The van der Waals surface area contributed by atoms with Crippen molar-refractivity contribution in [1.29, 1.82) is 0 Å². The van der Waals surface area contributed by atoms with Crippen LogP contribution in [0.25, 0.3) is 27.3 Å². The average Bonchev–Trinajstić information content (AvgIpc) is 3.24. The van der Waals surface area contributed by atoms with Crippen LogP contribution in [0.15, 0.2) is 59.3 Å². The van der Waals surface area contributed by atoms with Crippen molar-refractivity contribution in [3.63, 3.8) is 0 Å². The third-order valence-electron chi connectivity index (χ3n) is 3.36. The molecule has 2 heterocycles. The molecule has 0 saturated carbocycles. The Morgan fingerprint density at radius 2 is 1.96 bits per heavy atom. The summed E-state index contributed by atoms with van der Waals surface area (Å²) in [4.78, 5) is 15.1. The van der Waals surface area contributed by atoms with Gasteiger partial charge < -0.3 is 9.30 Å². The summed E-state index contributed by atoms with van der Waals surface area (Å²) in [7, 11) is 1.61. The minimum atomic E-state index is -0.582. The van der Waals surface area contributed by atoms with E-state index in [2.05, 4.69) is 10.0 Å². The molecule has 114 valence electrons. The van der Waals surface area contributed by atoms with Crippen LogP contribution in [0.3, 0.4) is 0 Å². The number of hydrogen-bond acceptors (Lipinski definition) is 3. The van der Waals surface area contributed by atoms with E-state index in [1.54, 1.807) is 7.11 Å². The van der Waals surface area contributed by atoms with Crippen molar-refractivity contribution in [2.45, 2.75) is 0 Å². The lowest BCUT2D eigenvalue weighted by Gasteiger charge is -2.08. The van der Waals surface area contributed by atoms with Gasteiger partial charge in [0.25, 0.3) is 5.91 Å². The Kier molecular flexibility index (Phi) is 4.14. The van der Waals surface area contributed by atoms with E-state index in [1.807, 2.05) is 58.7 Å². The number of ether oxygens (including phenoxy) is 1. The number of methoxy groups -OCH3 is 1. The van der Waals surface area contributed by atoms with E-state index in [0.717, 1.165) is 16.9 Å². The molecule has 0 spiro atoms. The Hall–Kier alpha value is -3.02. The normalized spacial score (nSPS) is 10.1. The van der Waals surface area contributed by atoms with Crippen molar-refractivity contribution in [2.24, 2.45) is 5.11 Å². The molecule has 1 amide bonds. The SMILES string of the molecule is COc1ccc(-c2csc(C(=O)N=[N+]=[N-])c2-n2cccc2)cc1. The second-order valence-corrected chi connectivity index (χ2v) is 5.52. The van der Waals surface area contributed by atoms with Crippen LogP contribution in [-0.2, 0) is 0 Å². The zero-order chi connectivity index (χ0) is 16.2. The van der Waals surface area contributed by atoms with Gasteiger partial charge in [-0.3, -0.25) is 4.79 Å². The van der Waals surface area contributed by atoms with Crippen molar-refractivity contribution in [3.05, 3.63) is 69.5 Å². The summed E-state index contributed by atoms with van der Waals surface area (Å²) in [6.07, 6.45) is 3.70. The van der Waals surface area contributed by atoms with Gasteiger partial charge in [0.15, 0.2) is 0 Å². The van der Waals surface area contributed by atoms with Gasteiger partial charge >= 0.3 is 0 Å². The van der Waals surface area contributed by atoms with Crippen molar-refractivity contribution in [3.8, 4) is 22.6 Å². The van der Waals surface area contributed by atoms with Crippen LogP contribution in [-0.4, -0.2) is 17.6 Å². The summed E-state index contributed by atoms with van der Waals surface area (Å²) in [6.45, 7) is 0. The van der Waals surface area contributed by atoms with Gasteiger partial charge in [-0.25, -0.2) is 0 Å². The summed E-state index contributed by atoms with van der Waals surface area (Å²) in [5, 5.41) is 5.10. The van der Waals surface area contributed by atoms with Crippen LogP contribution in [0, 0.1) is 0 Å². The van der Waals surface area contributed by atoms with Crippen LogP contribution in [0.2, 0.25) is 0 Å². The number of aromatic nitrogens is 1. The zero-order valence-corrected chi connectivity index (χ0v) is 13.0. The second kappa shape index (κ2) is 6.39. The third kappa shape index (κ3) is 2.83. The molecule has 6 nitrogen and oxygen atoms in total. The molecule has 7 heteroatoms. The Bertz CT molecular complexity index is 875. The van der Waals surface area contributed by atoms with Crippen LogP contribution in [0.4, 0.5) is 0 Å². The largest absolute Gasteiger partial charge is 0.497 e. The lowest BCUT2D eigenvalue weighted by atomic mass is 10.1. The molecule has 3 aromatic rings. The van der Waals surface area contributed by atoms with E-state index in [1.165, 1.54) is 11.3 Å². The van der Waals surface area contributed by atoms with Crippen molar-refractivity contribution in [1.82, 2.24) is 4.57 Å². The van der Waals surface area contributed by atoms with E-state index in [0.29, 0.717) is 10.6 Å². The van der Waals surface area contributed by atoms with Crippen LogP contribution >= 0.6 is 11.3 Å². The standard InChI is InChI=1S/C16H12N4O2S/c1-22-12-6-4-11(5-7-12)13-10-23-15(16(21)18-19-17)14(13)20-8-2-3-9-20/h2-10H,1H3. The van der Waals surface area contributed by atoms with Crippen LogP contribution in [0.5, 0.6) is 5.75 Å². The molecule has 0 N–H and O–H groups in total. The first-order chi connectivity index (χ1) is 11.2. The fourth-order valence-corrected chi connectivity index (χ4v) is 3.26. The molecule has 0 bridgehead atoms. The highest BCUT2D eigenvalue weighted by atomic mass is 32.1. The maximum Gasteiger partial charge on any atom is 0.261 e. The lowest BCUT2D eigenvalue weighted by Crippen LogP contribution is -1.99. The number of rotatable bonds is 4. The minimum Gasteiger partial charge on any atom is -0.497 e. The number of thiophene rings is 1. The zero-order valence-electron chi connectivity index (χ0n) is 12.2. The summed E-state index contributed by atoms with van der Waals surface area (Å²) in [5.74, 6) is 0.179. The van der Waals surface area contributed by atoms with Crippen molar-refractivity contribution >= 4 is 17.2 Å². The van der Waals surface area contributed by atoms with Gasteiger partial charge in [0.05, 0.1) is 12.8 Å². The smallest absolute Gasteiger partial charge is 0.261 e. The Morgan fingerprint density at radius 3 is 2.57 bits per heavy atom. The highest BCUT2D eigenvalue weighted by molar-refractivity contribution is 7.13. The summed E-state index contributed by atoms with van der Waals surface area (Å²) >= 11 is 1.26. The molecule has 0 unspecified atom stereocenters. The monoisotopic (exact) mass is 324 g/mol. The number of amides is 1. The van der Waals surface area contributed by atoms with Gasteiger partial charge in [0, 0.05) is 28.2 Å². The predicted molar refractivity (Wildman–Crippen MR) is 89.1 cm³/mol. The van der Waals surface area contributed by atoms with Gasteiger partial charge in [-0.05, 0) is 40.5 Å². The Morgan fingerprint density at radius 1 is 1.26 bits per heavy atom. The third-order valence-corrected chi connectivity index (χ3v) is 4.32. The topological polar surface area (TPSA) is 80.0 Å². The van der Waals surface area contributed by atoms with E-state index in [4.69, 9.17) is 10.3 Å². The van der Waals surface area contributed by atoms with Crippen molar-refractivity contribution in [2.75, 3.05) is 7.11 Å². The van der Waals surface area contributed by atoms with Crippen molar-refractivity contribution < 1.29 is 9.53 Å². The van der Waals surface area contributed by atoms with Gasteiger partial charge in [-0.2, -0.15) is 0 Å². The molecular weight excluding hydrogens is 312 g/mol. The fraction of sp³-hybridized carbons (Fsp3) is 0.0625. The number of hydrogen-bond donors (Lipinski definition) is 0. The Labute approximate surface area is 136 Å². The molecular formula is C16H12N4O2S. The minimum absolute atomic E-state index is 0.407. The quantitative estimate of drug-likeness (QED) is 0.397. The van der Waals surface area contributed by atoms with Gasteiger partial charge in [0.2, 0.25) is 0 Å². The first-order valence-electron chi connectivity index (χ1n) is 6.73. The molecule has 0 atom stereocenters. The number of carbonyl (C=O) groups is 1. The molecule has 0 aliphatic heterocycles. The molecule has 1 aromatic carbocycles. The van der Waals surface area contributed by atoms with E-state index in [-0.39, 0.29) is 0 Å². The molecule has 0 aliphatic rings. The summed E-state index contributed by atoms with van der Waals surface area (Å²) in [6, 6.07) is 11.3. The lowest BCUT2D eigenvalue weighted by molar-refractivity contribution is 0.100. The van der Waals surface area contributed by atoms with Gasteiger partial charge in [-0.15, -0.1) is 11.3 Å². The molecule has 0 fully saturated rings. The molecule has 23 heavy (non-hydrogen) atoms. The maximum absolute atomic E-state index is 12.1. The van der Waals surface area contributed by atoms with Gasteiger partial charge in [0.1, 0.15) is 10.6 Å². The number of carbonyl (C=O) groups excluding carboxylic acids is 1. The molecule has 3 rings (SSSR count). The number of nitrogens with zero attached hydrogens (tertiary/aromatic N) is 4. The second-order valence-electron chi connectivity index (χ2n) is 4.64. The highest BCUT2D eigenvalue weighted by Gasteiger charge is 2.19. The molecule has 0 saturated heterocycles. The first-order valence-corrected chi connectivity index (χ1v) is 7.61. The number of benzene rings is 1. The molecule has 0 radical (unpaired) electrons. The predicted octanol–water partition coefficient (Wildman–Crippen LogP) is 4.66. The van der Waals surface area contributed by atoms with E-state index < -0.39 is 5.91 Å². The number of azide groups is 1. The maximum atomic E-state index is 12.1. The first kappa shape index (κ1) is 14.9. The van der Waals surface area contributed by atoms with Crippen LogP contribution < -0.4 is 4.74 Å². The summed E-state index contributed by atoms with van der Waals surface area (Å²) in [5.41, 5.74) is 11.1. The highest BCUT2D eigenvalue weighted by Crippen LogP contribution is 2.36. The van der Waals surface area contributed by atoms with Gasteiger partial charge in [-0.1, -0.05) is 12.1 Å². The summed E-state index contributed by atoms with van der Waals surface area (Å²) < 4.78 is 7.01. The van der Waals surface area contributed by atoms with E-state index in [9.17, 15) is 4.79 Å².